The van der Waals surface area contributed by atoms with Crippen LogP contribution in [0.2, 0.25) is 0 Å². The van der Waals surface area contributed by atoms with E-state index in [1.54, 1.807) is 4.57 Å². The zero-order valence-corrected chi connectivity index (χ0v) is 11.2. The van der Waals surface area contributed by atoms with Gasteiger partial charge in [0.2, 0.25) is 0 Å². The summed E-state index contributed by atoms with van der Waals surface area (Å²) in [7, 11) is 0. The lowest BCUT2D eigenvalue weighted by molar-refractivity contribution is 0.392. The van der Waals surface area contributed by atoms with Crippen molar-refractivity contribution in [2.75, 3.05) is 0 Å². The number of nitrogens with one attached hydrogen (secondary N) is 2. The molecule has 0 bridgehead atoms. The number of hydrogen-bond acceptors (Lipinski definition) is 5. The third-order valence-electron chi connectivity index (χ3n) is 3.07. The average molecular weight is 277 g/mol. The van der Waals surface area contributed by atoms with Crippen LogP contribution in [0.1, 0.15) is 17.0 Å². The van der Waals surface area contributed by atoms with Crippen molar-refractivity contribution in [1.29, 1.82) is 0 Å². The van der Waals surface area contributed by atoms with Crippen LogP contribution in [0.3, 0.4) is 0 Å². The minimum atomic E-state index is -0.271. The largest absolute Gasteiger partial charge is 0.361 e. The van der Waals surface area contributed by atoms with E-state index in [9.17, 15) is 4.79 Å². The lowest BCUT2D eigenvalue weighted by atomic mass is 10.2. The number of imidazole rings is 1. The molecule has 0 amide bonds. The number of aromatic nitrogens is 5. The second-order valence-electron chi connectivity index (χ2n) is 4.25. The van der Waals surface area contributed by atoms with Gasteiger partial charge in [-0.25, -0.2) is 4.98 Å². The van der Waals surface area contributed by atoms with Gasteiger partial charge in [0.1, 0.15) is 11.3 Å². The molecule has 3 rings (SSSR count). The maximum atomic E-state index is 11.7. The Labute approximate surface area is 112 Å². The maximum Gasteiger partial charge on any atom is 0.277 e. The highest BCUT2D eigenvalue weighted by molar-refractivity contribution is 7.71. The van der Waals surface area contributed by atoms with Gasteiger partial charge in [-0.05, 0) is 26.1 Å². The van der Waals surface area contributed by atoms with Crippen LogP contribution in [0.25, 0.3) is 11.2 Å². The van der Waals surface area contributed by atoms with Gasteiger partial charge in [0.05, 0.1) is 18.6 Å². The van der Waals surface area contributed by atoms with E-state index < -0.39 is 0 Å². The Balaban J connectivity index is 2.24. The van der Waals surface area contributed by atoms with Gasteiger partial charge in [-0.3, -0.25) is 14.3 Å². The summed E-state index contributed by atoms with van der Waals surface area (Å²) in [5.41, 5.74) is 2.39. The molecule has 0 aliphatic carbocycles. The summed E-state index contributed by atoms with van der Waals surface area (Å²) in [4.78, 5) is 21.3. The van der Waals surface area contributed by atoms with Gasteiger partial charge in [0.15, 0.2) is 10.4 Å². The molecule has 7 nitrogen and oxygen atoms in total. The lowest BCUT2D eigenvalue weighted by Crippen LogP contribution is -2.15. The molecule has 0 aliphatic rings. The summed E-state index contributed by atoms with van der Waals surface area (Å²) < 4.78 is 7.20. The van der Waals surface area contributed by atoms with E-state index in [0.717, 1.165) is 17.0 Å². The van der Waals surface area contributed by atoms with Crippen molar-refractivity contribution in [3.05, 3.63) is 38.5 Å². The number of aromatic amines is 2. The molecule has 0 aliphatic heterocycles. The number of H-pyrrole nitrogens is 2. The van der Waals surface area contributed by atoms with Crippen LogP contribution in [-0.4, -0.2) is 24.7 Å². The standard InChI is InChI=1S/C11H11N5O2S/c1-5-7(6(2)18-15-5)3-16-9-8(12-4-13-9)10(17)14-11(16)19/h4H,3H2,1-2H3,(H,12,13)(H,14,17,19). The second-order valence-corrected chi connectivity index (χ2v) is 4.64. The van der Waals surface area contributed by atoms with Gasteiger partial charge in [0, 0.05) is 5.56 Å². The topological polar surface area (TPSA) is 92.5 Å². The molecule has 98 valence electrons. The van der Waals surface area contributed by atoms with E-state index in [0.29, 0.717) is 22.5 Å². The predicted molar refractivity (Wildman–Crippen MR) is 70.6 cm³/mol. The molecule has 8 heteroatoms. The van der Waals surface area contributed by atoms with E-state index in [1.165, 1.54) is 6.33 Å². The molecule has 0 saturated carbocycles. The molecule has 0 saturated heterocycles. The molecule has 0 radical (unpaired) electrons. The van der Waals surface area contributed by atoms with E-state index in [2.05, 4.69) is 20.1 Å². The van der Waals surface area contributed by atoms with Crippen LogP contribution in [0.4, 0.5) is 0 Å². The zero-order valence-electron chi connectivity index (χ0n) is 10.4. The first-order chi connectivity index (χ1) is 9.08. The Hall–Kier alpha value is -2.22. The van der Waals surface area contributed by atoms with E-state index in [4.69, 9.17) is 16.7 Å². The fourth-order valence-corrected chi connectivity index (χ4v) is 2.26. The Morgan fingerprint density at radius 3 is 2.95 bits per heavy atom. The molecule has 3 heterocycles. The van der Waals surface area contributed by atoms with Crippen molar-refractivity contribution in [1.82, 2.24) is 24.7 Å². The van der Waals surface area contributed by atoms with Crippen LogP contribution in [-0.2, 0) is 6.54 Å². The molecule has 0 fully saturated rings. The first-order valence-corrected chi connectivity index (χ1v) is 6.06. The monoisotopic (exact) mass is 277 g/mol. The minimum Gasteiger partial charge on any atom is -0.361 e. The molecular formula is C11H11N5O2S. The zero-order chi connectivity index (χ0) is 13.6. The summed E-state index contributed by atoms with van der Waals surface area (Å²) in [6.45, 7) is 4.16. The van der Waals surface area contributed by atoms with Crippen molar-refractivity contribution in [2.24, 2.45) is 0 Å². The molecule has 3 aromatic rings. The molecule has 0 spiro atoms. The molecule has 0 unspecified atom stereocenters. The van der Waals surface area contributed by atoms with Gasteiger partial charge < -0.3 is 9.51 Å². The average Bonchev–Trinajstić information content (AvgIpc) is 2.95. The predicted octanol–water partition coefficient (Wildman–Crippen LogP) is 1.44. The van der Waals surface area contributed by atoms with E-state index in [1.807, 2.05) is 13.8 Å². The molecule has 0 atom stereocenters. The third-order valence-corrected chi connectivity index (χ3v) is 3.39. The van der Waals surface area contributed by atoms with Crippen LogP contribution < -0.4 is 5.56 Å². The second kappa shape index (κ2) is 4.16. The van der Waals surface area contributed by atoms with Crippen LogP contribution >= 0.6 is 12.2 Å². The summed E-state index contributed by atoms with van der Waals surface area (Å²) in [5, 5.41) is 3.90. The van der Waals surface area contributed by atoms with Gasteiger partial charge in [0.25, 0.3) is 5.56 Å². The number of aryl methyl sites for hydroxylation is 2. The smallest absolute Gasteiger partial charge is 0.277 e. The van der Waals surface area contributed by atoms with Crippen molar-refractivity contribution in [3.8, 4) is 0 Å². The maximum absolute atomic E-state index is 11.7. The third kappa shape index (κ3) is 1.80. The first kappa shape index (κ1) is 11.8. The molecule has 0 aromatic carbocycles. The molecule has 2 N–H and O–H groups in total. The quantitative estimate of drug-likeness (QED) is 0.691. The molecular weight excluding hydrogens is 266 g/mol. The van der Waals surface area contributed by atoms with Crippen LogP contribution in [0.5, 0.6) is 0 Å². The van der Waals surface area contributed by atoms with Gasteiger partial charge >= 0.3 is 0 Å². The lowest BCUT2D eigenvalue weighted by Gasteiger charge is -2.07. The Bertz CT molecular complexity index is 850. The van der Waals surface area contributed by atoms with Crippen molar-refractivity contribution in [2.45, 2.75) is 20.4 Å². The number of nitrogens with zero attached hydrogens (tertiary/aromatic N) is 3. The van der Waals surface area contributed by atoms with Gasteiger partial charge in [-0.2, -0.15) is 0 Å². The number of rotatable bonds is 2. The Morgan fingerprint density at radius 2 is 2.26 bits per heavy atom. The van der Waals surface area contributed by atoms with Gasteiger partial charge in [-0.1, -0.05) is 5.16 Å². The fraction of sp³-hybridized carbons (Fsp3) is 0.273. The summed E-state index contributed by atoms with van der Waals surface area (Å²) in [5.74, 6) is 0.731. The van der Waals surface area contributed by atoms with E-state index >= 15 is 0 Å². The van der Waals surface area contributed by atoms with Crippen LogP contribution in [0, 0.1) is 18.6 Å². The molecule has 19 heavy (non-hydrogen) atoms. The summed E-state index contributed by atoms with van der Waals surface area (Å²) in [6.07, 6.45) is 1.47. The normalized spacial score (nSPS) is 11.3. The summed E-state index contributed by atoms with van der Waals surface area (Å²) in [6, 6.07) is 0. The van der Waals surface area contributed by atoms with Crippen molar-refractivity contribution in [3.63, 3.8) is 0 Å². The molecule has 3 aromatic heterocycles. The van der Waals surface area contributed by atoms with Crippen molar-refractivity contribution < 1.29 is 4.52 Å². The van der Waals surface area contributed by atoms with E-state index in [-0.39, 0.29) is 5.56 Å². The minimum absolute atomic E-state index is 0.271. The highest BCUT2D eigenvalue weighted by Crippen LogP contribution is 2.15. The van der Waals surface area contributed by atoms with Crippen LogP contribution in [0.15, 0.2) is 15.6 Å². The fourth-order valence-electron chi connectivity index (χ4n) is 2.01. The highest BCUT2D eigenvalue weighted by atomic mass is 32.1. The highest BCUT2D eigenvalue weighted by Gasteiger charge is 2.13. The SMILES string of the molecule is Cc1noc(C)c1Cn1c(=S)[nH]c(=O)c2[nH]cnc21. The Morgan fingerprint density at radius 1 is 1.47 bits per heavy atom. The van der Waals surface area contributed by atoms with Crippen molar-refractivity contribution >= 4 is 23.4 Å². The number of fused-ring (bicyclic) bond motifs is 1. The number of hydrogen-bond donors (Lipinski definition) is 2. The Kier molecular flexibility index (Phi) is 2.59. The van der Waals surface area contributed by atoms with Gasteiger partial charge in [-0.15, -0.1) is 0 Å². The first-order valence-electron chi connectivity index (χ1n) is 5.66. The summed E-state index contributed by atoms with van der Waals surface area (Å²) >= 11 is 5.20.